The first-order valence-electron chi connectivity index (χ1n) is 3.62. The monoisotopic (exact) mass is 210 g/mol. The molecule has 2 nitrogen and oxygen atoms in total. The number of hydrogen-bond donors (Lipinski definition) is 2. The van der Waals surface area contributed by atoms with Crippen LogP contribution in [0.15, 0.2) is 0 Å². The molecule has 0 aliphatic heterocycles. The molecule has 0 aromatic carbocycles. The van der Waals surface area contributed by atoms with Crippen LogP contribution in [0.1, 0.15) is 26.2 Å². The Hall–Kier alpha value is 0.400. The van der Waals surface area contributed by atoms with Crippen molar-refractivity contribution in [2.45, 2.75) is 32.5 Å². The number of aliphatic hydroxyl groups excluding tert-OH is 1. The Morgan fingerprint density at radius 1 is 1.40 bits per heavy atom. The predicted molar refractivity (Wildman–Crippen MR) is 45.0 cm³/mol. The minimum Gasteiger partial charge on any atom is -0.368 e. The summed E-state index contributed by atoms with van der Waals surface area (Å²) in [5.74, 6) is 0.444. The Balaban J connectivity index is 3.39. The third-order valence-electron chi connectivity index (χ3n) is 1.64. The van der Waals surface area contributed by atoms with Crippen molar-refractivity contribution < 1.29 is 10.2 Å². The van der Waals surface area contributed by atoms with E-state index < -0.39 is 6.29 Å². The first kappa shape index (κ1) is 10.4. The van der Waals surface area contributed by atoms with Gasteiger partial charge in [0.05, 0.1) is 0 Å². The van der Waals surface area contributed by atoms with Gasteiger partial charge in [0.1, 0.15) is 0 Å². The normalized spacial score (nSPS) is 14.1. The zero-order chi connectivity index (χ0) is 7.98. The van der Waals surface area contributed by atoms with E-state index in [1.165, 1.54) is 0 Å². The molecule has 1 unspecified atom stereocenters. The summed E-state index contributed by atoms with van der Waals surface area (Å²) in [6.45, 7) is 2.07. The van der Waals surface area contributed by atoms with Crippen LogP contribution in [0.4, 0.5) is 0 Å². The van der Waals surface area contributed by atoms with E-state index in [0.29, 0.717) is 12.3 Å². The average Bonchev–Trinajstić information content (AvgIpc) is 1.86. The SMILES string of the molecule is CCC(CCBr)CC(O)O. The number of hydrogen-bond acceptors (Lipinski definition) is 2. The fraction of sp³-hybridized carbons (Fsp3) is 1.00. The minimum atomic E-state index is -1.14. The van der Waals surface area contributed by atoms with Crippen molar-refractivity contribution in [3.05, 3.63) is 0 Å². The van der Waals surface area contributed by atoms with Crippen LogP contribution in [0.3, 0.4) is 0 Å². The molecule has 0 aromatic heterocycles. The third kappa shape index (κ3) is 5.21. The van der Waals surface area contributed by atoms with Gasteiger partial charge in [0.2, 0.25) is 0 Å². The lowest BCUT2D eigenvalue weighted by atomic mass is 9.99. The first-order valence-corrected chi connectivity index (χ1v) is 4.75. The van der Waals surface area contributed by atoms with Gasteiger partial charge in [0.15, 0.2) is 6.29 Å². The molecule has 0 aromatic rings. The lowest BCUT2D eigenvalue weighted by Gasteiger charge is -2.13. The van der Waals surface area contributed by atoms with Crippen LogP contribution in [0.5, 0.6) is 0 Å². The standard InChI is InChI=1S/C7H15BrO2/c1-2-6(3-4-8)5-7(9)10/h6-7,9-10H,2-5H2,1H3. The molecule has 0 fully saturated rings. The van der Waals surface area contributed by atoms with E-state index in [-0.39, 0.29) is 0 Å². The topological polar surface area (TPSA) is 40.5 Å². The zero-order valence-electron chi connectivity index (χ0n) is 6.26. The summed E-state index contributed by atoms with van der Waals surface area (Å²) in [6.07, 6.45) is 1.41. The zero-order valence-corrected chi connectivity index (χ0v) is 7.84. The maximum Gasteiger partial charge on any atom is 0.151 e. The van der Waals surface area contributed by atoms with Gasteiger partial charge in [-0.15, -0.1) is 0 Å². The quantitative estimate of drug-likeness (QED) is 0.534. The summed E-state index contributed by atoms with van der Waals surface area (Å²) in [5.41, 5.74) is 0. The van der Waals surface area contributed by atoms with Gasteiger partial charge in [-0.3, -0.25) is 0 Å². The van der Waals surface area contributed by atoms with Crippen LogP contribution in [-0.4, -0.2) is 21.8 Å². The van der Waals surface area contributed by atoms with Crippen LogP contribution >= 0.6 is 15.9 Å². The molecule has 0 amide bonds. The van der Waals surface area contributed by atoms with Crippen molar-refractivity contribution in [3.8, 4) is 0 Å². The van der Waals surface area contributed by atoms with Crippen LogP contribution in [0.2, 0.25) is 0 Å². The molecule has 2 N–H and O–H groups in total. The number of halogens is 1. The van der Waals surface area contributed by atoms with E-state index in [1.807, 2.05) is 0 Å². The van der Waals surface area contributed by atoms with Gasteiger partial charge in [0, 0.05) is 11.8 Å². The van der Waals surface area contributed by atoms with Gasteiger partial charge in [0.25, 0.3) is 0 Å². The highest BCUT2D eigenvalue weighted by Gasteiger charge is 2.08. The molecule has 0 bridgehead atoms. The molecule has 0 spiro atoms. The summed E-state index contributed by atoms with van der Waals surface area (Å²) in [7, 11) is 0. The second-order valence-corrected chi connectivity index (χ2v) is 3.26. The molecule has 0 aliphatic carbocycles. The molecule has 62 valence electrons. The lowest BCUT2D eigenvalue weighted by Crippen LogP contribution is -2.12. The maximum absolute atomic E-state index is 8.62. The highest BCUT2D eigenvalue weighted by molar-refractivity contribution is 9.09. The average molecular weight is 211 g/mol. The molecular formula is C7H15BrO2. The van der Waals surface area contributed by atoms with E-state index in [1.54, 1.807) is 0 Å². The van der Waals surface area contributed by atoms with Crippen LogP contribution in [0, 0.1) is 5.92 Å². The Morgan fingerprint density at radius 3 is 2.30 bits per heavy atom. The van der Waals surface area contributed by atoms with Gasteiger partial charge >= 0.3 is 0 Å². The molecular weight excluding hydrogens is 196 g/mol. The Kier molecular flexibility index (Phi) is 6.38. The molecule has 0 aliphatic rings. The number of aliphatic hydroxyl groups is 2. The third-order valence-corrected chi connectivity index (χ3v) is 2.10. The van der Waals surface area contributed by atoms with Crippen molar-refractivity contribution in [2.24, 2.45) is 5.92 Å². The summed E-state index contributed by atoms with van der Waals surface area (Å²) in [4.78, 5) is 0. The molecule has 0 heterocycles. The Bertz CT molecular complexity index is 76.0. The van der Waals surface area contributed by atoms with Gasteiger partial charge in [-0.1, -0.05) is 29.3 Å². The van der Waals surface area contributed by atoms with Crippen LogP contribution in [0.25, 0.3) is 0 Å². The molecule has 0 rings (SSSR count). The van der Waals surface area contributed by atoms with Crippen molar-refractivity contribution in [3.63, 3.8) is 0 Å². The molecule has 0 saturated heterocycles. The lowest BCUT2D eigenvalue weighted by molar-refractivity contribution is -0.0564. The summed E-state index contributed by atoms with van der Waals surface area (Å²) >= 11 is 3.32. The second kappa shape index (κ2) is 6.13. The van der Waals surface area contributed by atoms with Crippen molar-refractivity contribution >= 4 is 15.9 Å². The maximum atomic E-state index is 8.62. The Labute approximate surface area is 70.4 Å². The van der Waals surface area contributed by atoms with Crippen LogP contribution < -0.4 is 0 Å². The second-order valence-electron chi connectivity index (χ2n) is 2.47. The largest absolute Gasteiger partial charge is 0.368 e. The van der Waals surface area contributed by atoms with Crippen molar-refractivity contribution in [1.82, 2.24) is 0 Å². The van der Waals surface area contributed by atoms with Gasteiger partial charge in [-0.25, -0.2) is 0 Å². The van der Waals surface area contributed by atoms with Gasteiger partial charge < -0.3 is 10.2 Å². The molecule has 3 heteroatoms. The first-order chi connectivity index (χ1) is 4.70. The fourth-order valence-electron chi connectivity index (χ4n) is 0.941. The highest BCUT2D eigenvalue weighted by atomic mass is 79.9. The van der Waals surface area contributed by atoms with Gasteiger partial charge in [-0.2, -0.15) is 0 Å². The molecule has 0 saturated carbocycles. The smallest absolute Gasteiger partial charge is 0.151 e. The highest BCUT2D eigenvalue weighted by Crippen LogP contribution is 2.15. The predicted octanol–water partition coefficient (Wildman–Crippen LogP) is 1.50. The van der Waals surface area contributed by atoms with E-state index in [9.17, 15) is 0 Å². The number of rotatable bonds is 5. The molecule has 1 atom stereocenters. The number of alkyl halides is 1. The van der Waals surface area contributed by atoms with Crippen molar-refractivity contribution in [1.29, 1.82) is 0 Å². The van der Waals surface area contributed by atoms with E-state index in [2.05, 4.69) is 22.9 Å². The minimum absolute atomic E-state index is 0.444. The Morgan fingerprint density at radius 2 is 2.00 bits per heavy atom. The van der Waals surface area contributed by atoms with E-state index in [0.717, 1.165) is 18.2 Å². The molecule has 10 heavy (non-hydrogen) atoms. The van der Waals surface area contributed by atoms with Gasteiger partial charge in [-0.05, 0) is 12.3 Å². The summed E-state index contributed by atoms with van der Waals surface area (Å²) < 4.78 is 0. The van der Waals surface area contributed by atoms with E-state index >= 15 is 0 Å². The summed E-state index contributed by atoms with van der Waals surface area (Å²) in [5, 5.41) is 18.2. The fourth-order valence-corrected chi connectivity index (χ4v) is 1.59. The van der Waals surface area contributed by atoms with Crippen molar-refractivity contribution in [2.75, 3.05) is 5.33 Å². The summed E-state index contributed by atoms with van der Waals surface area (Å²) in [6, 6.07) is 0. The van der Waals surface area contributed by atoms with E-state index in [4.69, 9.17) is 10.2 Å². The van der Waals surface area contributed by atoms with Crippen LogP contribution in [-0.2, 0) is 0 Å². The molecule has 0 radical (unpaired) electrons.